The molecule has 5 nitrogen and oxygen atoms in total. The second-order valence-corrected chi connectivity index (χ2v) is 6.81. The lowest BCUT2D eigenvalue weighted by Gasteiger charge is -2.41. The minimum absolute atomic E-state index is 0.0273. The van der Waals surface area contributed by atoms with Crippen molar-refractivity contribution in [2.75, 3.05) is 0 Å². The number of rotatable bonds is 4. The molecule has 1 aromatic heterocycles. The third-order valence-corrected chi connectivity index (χ3v) is 5.20. The van der Waals surface area contributed by atoms with E-state index in [0.717, 1.165) is 25.7 Å². The Morgan fingerprint density at radius 3 is 2.22 bits per heavy atom. The number of carbonyl (C=O) groups is 1. The van der Waals surface area contributed by atoms with Crippen LogP contribution in [-0.2, 0) is 6.42 Å². The highest BCUT2D eigenvalue weighted by molar-refractivity contribution is 5.92. The summed E-state index contributed by atoms with van der Waals surface area (Å²) in [7, 11) is 0. The molecule has 2 fully saturated rings. The van der Waals surface area contributed by atoms with Crippen molar-refractivity contribution in [1.82, 2.24) is 10.1 Å². The van der Waals surface area contributed by atoms with Crippen molar-refractivity contribution in [3.05, 3.63) is 17.5 Å². The van der Waals surface area contributed by atoms with Crippen molar-refractivity contribution in [3.63, 3.8) is 0 Å². The van der Waals surface area contributed by atoms with Gasteiger partial charge in [-0.25, -0.2) is 0 Å². The van der Waals surface area contributed by atoms with Crippen LogP contribution in [0.15, 0.2) is 10.6 Å². The summed E-state index contributed by atoms with van der Waals surface area (Å²) in [6.45, 7) is 0. The van der Waals surface area contributed by atoms with Crippen LogP contribution in [-0.4, -0.2) is 28.0 Å². The minimum Gasteiger partial charge on any atom is -0.351 e. The maximum absolute atomic E-state index is 13.1. The van der Waals surface area contributed by atoms with Crippen molar-refractivity contribution < 1.29 is 9.32 Å². The summed E-state index contributed by atoms with van der Waals surface area (Å²) >= 11 is 0. The van der Waals surface area contributed by atoms with Crippen LogP contribution >= 0.6 is 0 Å². The fraction of sp³-hybridized carbons (Fsp3) is 0.722. The molecule has 2 aliphatic rings. The van der Waals surface area contributed by atoms with Crippen molar-refractivity contribution in [3.8, 4) is 6.07 Å². The van der Waals surface area contributed by atoms with Crippen LogP contribution in [0.1, 0.15) is 80.5 Å². The number of amides is 1. The van der Waals surface area contributed by atoms with Crippen LogP contribution in [0.2, 0.25) is 0 Å². The number of aromatic nitrogens is 1. The lowest BCUT2D eigenvalue weighted by molar-refractivity contribution is 0.0408. The summed E-state index contributed by atoms with van der Waals surface area (Å²) in [5.74, 6) is 0.270. The maximum atomic E-state index is 13.1. The second-order valence-electron chi connectivity index (χ2n) is 6.81. The Kier molecular flexibility index (Phi) is 5.32. The Morgan fingerprint density at radius 2 is 1.70 bits per heavy atom. The summed E-state index contributed by atoms with van der Waals surface area (Å²) in [5, 5.41) is 12.6. The van der Waals surface area contributed by atoms with E-state index < -0.39 is 0 Å². The van der Waals surface area contributed by atoms with Gasteiger partial charge in [0, 0.05) is 18.2 Å². The fourth-order valence-corrected chi connectivity index (χ4v) is 4.05. The Hall–Kier alpha value is -1.83. The third-order valence-electron chi connectivity index (χ3n) is 5.20. The van der Waals surface area contributed by atoms with Gasteiger partial charge in [-0.3, -0.25) is 4.79 Å². The van der Waals surface area contributed by atoms with Crippen molar-refractivity contribution in [2.45, 2.75) is 82.7 Å². The van der Waals surface area contributed by atoms with Crippen LogP contribution in [0.5, 0.6) is 0 Å². The monoisotopic (exact) mass is 315 g/mol. The number of carbonyl (C=O) groups excluding carboxylic acids is 1. The first-order chi connectivity index (χ1) is 11.3. The molecule has 124 valence electrons. The van der Waals surface area contributed by atoms with E-state index in [-0.39, 0.29) is 12.3 Å². The average molecular weight is 315 g/mol. The first kappa shape index (κ1) is 16.0. The first-order valence-corrected chi connectivity index (χ1v) is 8.95. The van der Waals surface area contributed by atoms with Gasteiger partial charge in [0.05, 0.1) is 18.2 Å². The molecule has 0 radical (unpaired) electrons. The molecular weight excluding hydrogens is 290 g/mol. The van der Waals surface area contributed by atoms with E-state index in [2.05, 4.69) is 10.1 Å². The zero-order chi connectivity index (χ0) is 16.1. The standard InChI is InChI=1S/C18H25N3O2/c19-12-11-14-13-17(23-20-14)18(22)21(15-7-3-1-4-8-15)16-9-5-2-6-10-16/h13,15-16H,1-11H2. The van der Waals surface area contributed by atoms with Gasteiger partial charge in [-0.2, -0.15) is 5.26 Å². The summed E-state index contributed by atoms with van der Waals surface area (Å²) in [5.41, 5.74) is 0.545. The molecule has 0 aromatic carbocycles. The molecule has 2 aliphatic carbocycles. The van der Waals surface area contributed by atoms with Gasteiger partial charge in [0.2, 0.25) is 5.76 Å². The summed E-state index contributed by atoms with van der Waals surface area (Å²) in [6.07, 6.45) is 12.0. The maximum Gasteiger partial charge on any atom is 0.292 e. The van der Waals surface area contributed by atoms with Crippen LogP contribution < -0.4 is 0 Å². The number of nitriles is 1. The molecule has 0 N–H and O–H groups in total. The molecule has 0 spiro atoms. The van der Waals surface area contributed by atoms with E-state index in [9.17, 15) is 4.79 Å². The molecule has 0 aliphatic heterocycles. The molecule has 0 saturated heterocycles. The number of hydrogen-bond donors (Lipinski definition) is 0. The molecule has 1 amide bonds. The fourth-order valence-electron chi connectivity index (χ4n) is 4.05. The normalized spacial score (nSPS) is 20.1. The van der Waals surface area contributed by atoms with Crippen LogP contribution in [0.3, 0.4) is 0 Å². The van der Waals surface area contributed by atoms with Gasteiger partial charge < -0.3 is 9.42 Å². The van der Waals surface area contributed by atoms with Gasteiger partial charge in [-0.15, -0.1) is 0 Å². The van der Waals surface area contributed by atoms with Crippen LogP contribution in [0, 0.1) is 11.3 Å². The minimum atomic E-state index is -0.0273. The Labute approximate surface area is 137 Å². The molecule has 0 atom stereocenters. The van der Waals surface area contributed by atoms with Crippen molar-refractivity contribution in [2.24, 2.45) is 0 Å². The molecule has 1 aromatic rings. The molecule has 1 heterocycles. The molecule has 0 bridgehead atoms. The smallest absolute Gasteiger partial charge is 0.292 e. The Balaban J connectivity index is 1.80. The van der Waals surface area contributed by atoms with Gasteiger partial charge in [-0.05, 0) is 25.7 Å². The van der Waals surface area contributed by atoms with Gasteiger partial charge in [0.1, 0.15) is 0 Å². The first-order valence-electron chi connectivity index (χ1n) is 8.95. The zero-order valence-electron chi connectivity index (χ0n) is 13.7. The van der Waals surface area contributed by atoms with E-state index in [0.29, 0.717) is 23.5 Å². The summed E-state index contributed by atoms with van der Waals surface area (Å²) in [4.78, 5) is 15.2. The zero-order valence-corrected chi connectivity index (χ0v) is 13.7. The van der Waals surface area contributed by atoms with Crippen molar-refractivity contribution in [1.29, 1.82) is 5.26 Å². The molecule has 3 rings (SSSR count). The summed E-state index contributed by atoms with van der Waals surface area (Å²) < 4.78 is 5.25. The molecule has 23 heavy (non-hydrogen) atoms. The Morgan fingerprint density at radius 1 is 1.13 bits per heavy atom. The van der Waals surface area contributed by atoms with Gasteiger partial charge >= 0.3 is 0 Å². The highest BCUT2D eigenvalue weighted by Crippen LogP contribution is 2.31. The van der Waals surface area contributed by atoms with Crippen molar-refractivity contribution >= 4 is 5.91 Å². The molecule has 2 saturated carbocycles. The predicted molar refractivity (Wildman–Crippen MR) is 85.7 cm³/mol. The van der Waals surface area contributed by atoms with E-state index in [4.69, 9.17) is 9.78 Å². The Bertz CT molecular complexity index is 545. The van der Waals surface area contributed by atoms with Gasteiger partial charge in [0.25, 0.3) is 5.91 Å². The predicted octanol–water partition coefficient (Wildman–Crippen LogP) is 3.85. The largest absolute Gasteiger partial charge is 0.351 e. The lowest BCUT2D eigenvalue weighted by Crippen LogP contribution is -2.48. The SMILES string of the molecule is N#CCc1cc(C(=O)N(C2CCCCC2)C2CCCCC2)on1. The van der Waals surface area contributed by atoms with Crippen LogP contribution in [0.25, 0.3) is 0 Å². The van der Waals surface area contributed by atoms with E-state index in [1.807, 2.05) is 6.07 Å². The molecule has 5 heteroatoms. The second kappa shape index (κ2) is 7.63. The summed E-state index contributed by atoms with van der Waals surface area (Å²) in [6, 6.07) is 4.36. The van der Waals surface area contributed by atoms with Gasteiger partial charge in [-0.1, -0.05) is 43.7 Å². The highest BCUT2D eigenvalue weighted by atomic mass is 16.5. The van der Waals surface area contributed by atoms with Crippen LogP contribution in [0.4, 0.5) is 0 Å². The van der Waals surface area contributed by atoms with E-state index in [1.54, 1.807) is 6.07 Å². The molecule has 0 unspecified atom stereocenters. The van der Waals surface area contributed by atoms with Gasteiger partial charge in [0.15, 0.2) is 0 Å². The highest BCUT2D eigenvalue weighted by Gasteiger charge is 2.34. The lowest BCUT2D eigenvalue weighted by atomic mass is 9.88. The average Bonchev–Trinajstić information content (AvgIpc) is 3.06. The van der Waals surface area contributed by atoms with E-state index >= 15 is 0 Å². The third kappa shape index (κ3) is 3.74. The quantitative estimate of drug-likeness (QED) is 0.846. The number of hydrogen-bond acceptors (Lipinski definition) is 4. The topological polar surface area (TPSA) is 70.1 Å². The van der Waals surface area contributed by atoms with E-state index in [1.165, 1.54) is 38.5 Å². The molecular formula is C18H25N3O2. The number of nitrogens with zero attached hydrogens (tertiary/aromatic N) is 3.